The summed E-state index contributed by atoms with van der Waals surface area (Å²) in [6.45, 7) is 1.89. The number of aliphatic carboxylic acids is 2. The number of hydrogen-bond donors (Lipinski definition) is 2. The Balaban J connectivity index is 4.26. The highest BCUT2D eigenvalue weighted by atomic mass is 32.2. The van der Waals surface area contributed by atoms with Crippen LogP contribution in [0.2, 0.25) is 0 Å². The molecule has 0 aromatic carbocycles. The summed E-state index contributed by atoms with van der Waals surface area (Å²) in [6, 6.07) is 0. The van der Waals surface area contributed by atoms with Crippen LogP contribution < -0.4 is 0 Å². The first-order valence-electron chi connectivity index (χ1n) is 4.30. The molecule has 2 atom stereocenters. The molecular formula is C8H14O5S. The van der Waals surface area contributed by atoms with Crippen molar-refractivity contribution in [1.29, 1.82) is 0 Å². The molecule has 0 aliphatic rings. The number of carbonyl (C=O) groups is 2. The average Bonchev–Trinajstić information content (AvgIpc) is 2.09. The molecule has 6 heteroatoms. The summed E-state index contributed by atoms with van der Waals surface area (Å²) < 4.78 is 11.3. The number of rotatable bonds is 7. The molecule has 14 heavy (non-hydrogen) atoms. The molecule has 5 nitrogen and oxygen atoms in total. The third kappa shape index (κ3) is 4.96. The second-order valence-corrected chi connectivity index (χ2v) is 4.60. The van der Waals surface area contributed by atoms with Crippen LogP contribution >= 0.6 is 0 Å². The van der Waals surface area contributed by atoms with Crippen molar-refractivity contribution < 1.29 is 24.0 Å². The first kappa shape index (κ1) is 13.1. The molecule has 0 fully saturated rings. The van der Waals surface area contributed by atoms with Gasteiger partial charge in [0.2, 0.25) is 0 Å². The molecule has 0 aliphatic heterocycles. The summed E-state index contributed by atoms with van der Waals surface area (Å²) in [5, 5.41) is 15.8. The number of hydrogen-bond acceptors (Lipinski definition) is 3. The Bertz CT molecular complexity index is 238. The van der Waals surface area contributed by atoms with Gasteiger partial charge in [-0.2, -0.15) is 0 Å². The normalized spacial score (nSPS) is 14.6. The minimum Gasteiger partial charge on any atom is -0.481 e. The summed E-state index contributed by atoms with van der Waals surface area (Å²) in [5.41, 5.74) is 0. The third-order valence-corrected chi connectivity index (χ3v) is 3.35. The van der Waals surface area contributed by atoms with Crippen molar-refractivity contribution in [3.05, 3.63) is 0 Å². The van der Waals surface area contributed by atoms with Crippen LogP contribution in [0.15, 0.2) is 0 Å². The van der Waals surface area contributed by atoms with Crippen LogP contribution in [0.5, 0.6) is 0 Å². The molecule has 0 heterocycles. The van der Waals surface area contributed by atoms with Crippen molar-refractivity contribution in [2.75, 3.05) is 5.75 Å². The topological polar surface area (TPSA) is 91.7 Å². The van der Waals surface area contributed by atoms with Crippen LogP contribution in [0.25, 0.3) is 0 Å². The lowest BCUT2D eigenvalue weighted by Crippen LogP contribution is -2.29. The monoisotopic (exact) mass is 222 g/mol. The molecule has 0 radical (unpaired) electrons. The van der Waals surface area contributed by atoms with E-state index in [1.807, 2.05) is 6.92 Å². The van der Waals surface area contributed by atoms with E-state index < -0.39 is 34.4 Å². The number of unbranched alkanes of at least 4 members (excludes halogenated alkanes) is 1. The van der Waals surface area contributed by atoms with Gasteiger partial charge in [0.05, 0.1) is 6.42 Å². The fourth-order valence-corrected chi connectivity index (χ4v) is 2.29. The van der Waals surface area contributed by atoms with Crippen molar-refractivity contribution in [3.63, 3.8) is 0 Å². The van der Waals surface area contributed by atoms with E-state index in [9.17, 15) is 13.8 Å². The van der Waals surface area contributed by atoms with E-state index >= 15 is 0 Å². The molecule has 0 rings (SSSR count). The van der Waals surface area contributed by atoms with E-state index in [1.54, 1.807) is 0 Å². The fraction of sp³-hybridized carbons (Fsp3) is 0.750. The third-order valence-electron chi connectivity index (χ3n) is 1.65. The molecule has 0 amide bonds. The van der Waals surface area contributed by atoms with Gasteiger partial charge in [-0.3, -0.25) is 13.8 Å². The Morgan fingerprint density at radius 3 is 2.29 bits per heavy atom. The Kier molecular flexibility index (Phi) is 6.11. The maximum absolute atomic E-state index is 11.3. The van der Waals surface area contributed by atoms with E-state index in [1.165, 1.54) is 0 Å². The molecule has 0 aromatic rings. The second-order valence-electron chi connectivity index (χ2n) is 2.86. The molecule has 0 spiro atoms. The summed E-state index contributed by atoms with van der Waals surface area (Å²) in [4.78, 5) is 20.9. The van der Waals surface area contributed by atoms with E-state index in [-0.39, 0.29) is 5.75 Å². The Morgan fingerprint density at radius 2 is 1.93 bits per heavy atom. The molecule has 0 saturated heterocycles. The van der Waals surface area contributed by atoms with E-state index in [4.69, 9.17) is 10.2 Å². The molecule has 82 valence electrons. The van der Waals surface area contributed by atoms with E-state index in [2.05, 4.69) is 0 Å². The van der Waals surface area contributed by atoms with Gasteiger partial charge in [0.25, 0.3) is 0 Å². The quantitative estimate of drug-likeness (QED) is 0.653. The van der Waals surface area contributed by atoms with Gasteiger partial charge in [-0.1, -0.05) is 13.3 Å². The van der Waals surface area contributed by atoms with Gasteiger partial charge in [-0.15, -0.1) is 0 Å². The van der Waals surface area contributed by atoms with Gasteiger partial charge in [-0.05, 0) is 6.42 Å². The second kappa shape index (κ2) is 6.53. The van der Waals surface area contributed by atoms with Gasteiger partial charge >= 0.3 is 11.9 Å². The molecule has 0 aromatic heterocycles. The zero-order valence-corrected chi connectivity index (χ0v) is 8.75. The van der Waals surface area contributed by atoms with Crippen molar-refractivity contribution in [3.8, 4) is 0 Å². The number of carboxylic acid groups (broad SMARTS) is 2. The van der Waals surface area contributed by atoms with E-state index in [0.717, 1.165) is 6.42 Å². The van der Waals surface area contributed by atoms with Gasteiger partial charge in [0, 0.05) is 16.6 Å². The van der Waals surface area contributed by atoms with Crippen LogP contribution in [-0.4, -0.2) is 37.4 Å². The first-order valence-corrected chi connectivity index (χ1v) is 5.69. The molecule has 0 bridgehead atoms. The largest absolute Gasteiger partial charge is 0.481 e. The van der Waals surface area contributed by atoms with Crippen molar-refractivity contribution in [2.45, 2.75) is 31.4 Å². The van der Waals surface area contributed by atoms with Gasteiger partial charge in [0.1, 0.15) is 5.25 Å². The minimum atomic E-state index is -1.59. The van der Waals surface area contributed by atoms with Gasteiger partial charge in [-0.25, -0.2) is 0 Å². The van der Waals surface area contributed by atoms with Crippen LogP contribution in [0.4, 0.5) is 0 Å². The van der Waals surface area contributed by atoms with E-state index in [0.29, 0.717) is 6.42 Å². The lowest BCUT2D eigenvalue weighted by molar-refractivity contribution is -0.143. The van der Waals surface area contributed by atoms with Crippen LogP contribution in [0.3, 0.4) is 0 Å². The zero-order valence-electron chi connectivity index (χ0n) is 7.93. The van der Waals surface area contributed by atoms with Crippen molar-refractivity contribution >= 4 is 22.7 Å². The summed E-state index contributed by atoms with van der Waals surface area (Å²) in [6.07, 6.45) is 0.882. The Hall–Kier alpha value is -0.910. The SMILES string of the molecule is CCCCS(=O)C(CC(=O)O)C(=O)O. The van der Waals surface area contributed by atoms with Crippen LogP contribution in [0.1, 0.15) is 26.2 Å². The minimum absolute atomic E-state index is 0.251. The standard InChI is InChI=1S/C8H14O5S/c1-2-3-4-14(13)6(8(11)12)5-7(9)10/h6H,2-5H2,1H3,(H,9,10)(H,11,12). The summed E-state index contributed by atoms with van der Waals surface area (Å²) >= 11 is 0. The van der Waals surface area contributed by atoms with Gasteiger partial charge < -0.3 is 10.2 Å². The van der Waals surface area contributed by atoms with Gasteiger partial charge in [0.15, 0.2) is 0 Å². The Labute approximate surface area is 84.6 Å². The molecule has 0 aliphatic carbocycles. The first-order chi connectivity index (χ1) is 6.49. The smallest absolute Gasteiger partial charge is 0.319 e. The molecular weight excluding hydrogens is 208 g/mol. The Morgan fingerprint density at radius 1 is 1.36 bits per heavy atom. The average molecular weight is 222 g/mol. The zero-order chi connectivity index (χ0) is 11.1. The van der Waals surface area contributed by atoms with Crippen LogP contribution in [0, 0.1) is 0 Å². The predicted octanol–water partition coefficient (Wildman–Crippen LogP) is 0.463. The molecule has 2 N–H and O–H groups in total. The van der Waals surface area contributed by atoms with Crippen molar-refractivity contribution in [2.24, 2.45) is 0 Å². The highest BCUT2D eigenvalue weighted by molar-refractivity contribution is 7.86. The molecule has 2 unspecified atom stereocenters. The lowest BCUT2D eigenvalue weighted by atomic mass is 10.3. The fourth-order valence-electron chi connectivity index (χ4n) is 0.880. The lowest BCUT2D eigenvalue weighted by Gasteiger charge is -2.08. The maximum Gasteiger partial charge on any atom is 0.319 e. The number of carboxylic acids is 2. The predicted molar refractivity (Wildman–Crippen MR) is 51.6 cm³/mol. The highest BCUT2D eigenvalue weighted by Crippen LogP contribution is 2.05. The summed E-state index contributed by atoms with van der Waals surface area (Å²) in [5.74, 6) is -2.29. The molecule has 0 saturated carbocycles. The maximum atomic E-state index is 11.3. The summed E-state index contributed by atoms with van der Waals surface area (Å²) in [7, 11) is -1.59. The van der Waals surface area contributed by atoms with Crippen LogP contribution in [-0.2, 0) is 20.4 Å². The highest BCUT2D eigenvalue weighted by Gasteiger charge is 2.26. The van der Waals surface area contributed by atoms with Crippen molar-refractivity contribution in [1.82, 2.24) is 0 Å².